The normalized spacial score (nSPS) is 11.2. The van der Waals surface area contributed by atoms with Crippen molar-refractivity contribution in [2.24, 2.45) is 5.73 Å². The highest BCUT2D eigenvalue weighted by Gasteiger charge is 2.28. The lowest BCUT2D eigenvalue weighted by atomic mass is 10.2. The molecule has 0 saturated carbocycles. The molecular formula is C7H13NO4. The summed E-state index contributed by atoms with van der Waals surface area (Å²) in [5.41, 5.74) is 4.93. The molecule has 0 unspecified atom stereocenters. The minimum atomic E-state index is -1.81. The molecule has 1 amide bonds. The van der Waals surface area contributed by atoms with E-state index in [4.69, 9.17) is 5.73 Å². The molecule has 0 fully saturated rings. The van der Waals surface area contributed by atoms with Gasteiger partial charge in [0, 0.05) is 19.8 Å². The number of aliphatic hydroxyl groups is 1. The second kappa shape index (κ2) is 4.20. The Labute approximate surface area is 70.8 Å². The lowest BCUT2D eigenvalue weighted by Gasteiger charge is -2.23. The van der Waals surface area contributed by atoms with Crippen LogP contribution in [0.5, 0.6) is 0 Å². The molecule has 0 aromatic carbocycles. The van der Waals surface area contributed by atoms with Crippen molar-refractivity contribution in [2.45, 2.75) is 12.4 Å². The van der Waals surface area contributed by atoms with E-state index in [1.165, 1.54) is 14.2 Å². The number of methoxy groups -OCH3 is 2. The minimum absolute atomic E-state index is 0.0428. The third kappa shape index (κ3) is 3.00. The van der Waals surface area contributed by atoms with Crippen LogP contribution in [0, 0.1) is 0 Å². The molecule has 0 radical (unpaired) electrons. The van der Waals surface area contributed by atoms with Crippen molar-refractivity contribution in [3.05, 3.63) is 12.2 Å². The summed E-state index contributed by atoms with van der Waals surface area (Å²) in [5.74, 6) is -2.51. The summed E-state index contributed by atoms with van der Waals surface area (Å²) in [6.07, 6.45) is -0.171. The van der Waals surface area contributed by atoms with Crippen LogP contribution in [0.3, 0.4) is 0 Å². The molecule has 70 valence electrons. The Morgan fingerprint density at radius 3 is 2.25 bits per heavy atom. The van der Waals surface area contributed by atoms with Gasteiger partial charge in [-0.05, 0) is 0 Å². The quantitative estimate of drug-likeness (QED) is 0.430. The summed E-state index contributed by atoms with van der Waals surface area (Å²) in [5, 5.41) is 9.33. The van der Waals surface area contributed by atoms with Crippen LogP contribution in [0.4, 0.5) is 0 Å². The predicted octanol–water partition coefficient (Wildman–Crippen LogP) is -0.643. The van der Waals surface area contributed by atoms with E-state index in [1.54, 1.807) is 0 Å². The van der Waals surface area contributed by atoms with Crippen molar-refractivity contribution in [1.29, 1.82) is 0 Å². The van der Waals surface area contributed by atoms with Crippen LogP contribution >= 0.6 is 0 Å². The maximum Gasteiger partial charge on any atom is 0.284 e. The van der Waals surface area contributed by atoms with Crippen LogP contribution in [0.1, 0.15) is 6.42 Å². The molecule has 3 N–H and O–H groups in total. The number of amides is 1. The molecule has 0 atom stereocenters. The highest BCUT2D eigenvalue weighted by Crippen LogP contribution is 2.16. The van der Waals surface area contributed by atoms with E-state index in [0.717, 1.165) is 0 Å². The highest BCUT2D eigenvalue weighted by atomic mass is 16.8. The summed E-state index contributed by atoms with van der Waals surface area (Å²) < 4.78 is 9.14. The molecule has 0 aliphatic heterocycles. The van der Waals surface area contributed by atoms with Crippen LogP contribution in [-0.4, -0.2) is 31.2 Å². The van der Waals surface area contributed by atoms with E-state index in [0.29, 0.717) is 0 Å². The predicted molar refractivity (Wildman–Crippen MR) is 41.9 cm³/mol. The summed E-state index contributed by atoms with van der Waals surface area (Å²) >= 11 is 0. The van der Waals surface area contributed by atoms with Crippen LogP contribution in [0.25, 0.3) is 0 Å². The van der Waals surface area contributed by atoms with E-state index >= 15 is 0 Å². The van der Waals surface area contributed by atoms with Gasteiger partial charge in [-0.3, -0.25) is 4.79 Å². The Morgan fingerprint density at radius 1 is 1.58 bits per heavy atom. The summed E-state index contributed by atoms with van der Waals surface area (Å²) in [4.78, 5) is 10.5. The molecule has 5 nitrogen and oxygen atoms in total. The van der Waals surface area contributed by atoms with Gasteiger partial charge in [0.15, 0.2) is 0 Å². The number of hydrogen-bond acceptors (Lipinski definition) is 4. The topological polar surface area (TPSA) is 81.8 Å². The van der Waals surface area contributed by atoms with Crippen molar-refractivity contribution < 1.29 is 19.4 Å². The van der Waals surface area contributed by atoms with Crippen LogP contribution in [0.2, 0.25) is 0 Å². The van der Waals surface area contributed by atoms with Gasteiger partial charge in [-0.25, -0.2) is 0 Å². The average molecular weight is 175 g/mol. The number of hydrogen-bond donors (Lipinski definition) is 2. The summed E-state index contributed by atoms with van der Waals surface area (Å²) in [7, 11) is 2.50. The highest BCUT2D eigenvalue weighted by molar-refractivity contribution is 5.91. The molecule has 0 spiro atoms. The fourth-order valence-corrected chi connectivity index (χ4v) is 0.584. The maximum absolute atomic E-state index is 10.5. The Kier molecular flexibility index (Phi) is 3.88. The smallest absolute Gasteiger partial charge is 0.284 e. The first-order chi connectivity index (χ1) is 5.45. The van der Waals surface area contributed by atoms with Gasteiger partial charge in [0.1, 0.15) is 0 Å². The Bertz CT molecular complexity index is 186. The van der Waals surface area contributed by atoms with E-state index < -0.39 is 11.9 Å². The molecule has 0 aromatic rings. The molecular weight excluding hydrogens is 162 g/mol. The standard InChI is InChI=1S/C7H13NO4/c1-5(6(8)9)4-7(10,11-2)12-3/h10H,1,4H2,2-3H3,(H2,8,9). The van der Waals surface area contributed by atoms with Crippen LogP contribution in [-0.2, 0) is 14.3 Å². The van der Waals surface area contributed by atoms with E-state index in [1.807, 2.05) is 0 Å². The van der Waals surface area contributed by atoms with Crippen molar-refractivity contribution in [1.82, 2.24) is 0 Å². The fraction of sp³-hybridized carbons (Fsp3) is 0.571. The van der Waals surface area contributed by atoms with Crippen LogP contribution in [0.15, 0.2) is 12.2 Å². The number of nitrogens with two attached hydrogens (primary N) is 1. The molecule has 0 heterocycles. The van der Waals surface area contributed by atoms with Crippen molar-refractivity contribution >= 4 is 5.91 Å². The Morgan fingerprint density at radius 2 is 2.00 bits per heavy atom. The van der Waals surface area contributed by atoms with Crippen molar-refractivity contribution in [2.75, 3.05) is 14.2 Å². The van der Waals surface area contributed by atoms with Gasteiger partial charge in [0.05, 0.1) is 6.42 Å². The SMILES string of the molecule is C=C(CC(O)(OC)OC)C(N)=O. The molecule has 12 heavy (non-hydrogen) atoms. The number of ether oxygens (including phenoxy) is 2. The van der Waals surface area contributed by atoms with Gasteiger partial charge in [0.25, 0.3) is 5.97 Å². The fourth-order valence-electron chi connectivity index (χ4n) is 0.584. The molecule has 0 rings (SSSR count). The second-order valence-electron chi connectivity index (χ2n) is 2.27. The monoisotopic (exact) mass is 175 g/mol. The third-order valence-corrected chi connectivity index (χ3v) is 1.42. The Balaban J connectivity index is 4.21. The molecule has 0 aliphatic carbocycles. The van der Waals surface area contributed by atoms with Crippen molar-refractivity contribution in [3.8, 4) is 0 Å². The van der Waals surface area contributed by atoms with Gasteiger partial charge in [-0.1, -0.05) is 6.58 Å². The van der Waals surface area contributed by atoms with E-state index in [9.17, 15) is 9.90 Å². The van der Waals surface area contributed by atoms with Crippen molar-refractivity contribution in [3.63, 3.8) is 0 Å². The zero-order valence-corrected chi connectivity index (χ0v) is 7.16. The van der Waals surface area contributed by atoms with Gasteiger partial charge in [0.2, 0.25) is 5.91 Å². The lowest BCUT2D eigenvalue weighted by Crippen LogP contribution is -2.35. The van der Waals surface area contributed by atoms with E-state index in [2.05, 4.69) is 16.1 Å². The first-order valence-corrected chi connectivity index (χ1v) is 3.25. The van der Waals surface area contributed by atoms with E-state index in [-0.39, 0.29) is 12.0 Å². The van der Waals surface area contributed by atoms with Crippen LogP contribution < -0.4 is 5.73 Å². The summed E-state index contributed by atoms with van der Waals surface area (Å²) in [6, 6.07) is 0. The molecule has 0 bridgehead atoms. The molecule has 0 aromatic heterocycles. The largest absolute Gasteiger partial charge is 0.366 e. The first kappa shape index (κ1) is 11.1. The average Bonchev–Trinajstić information content (AvgIpc) is 2.04. The van der Waals surface area contributed by atoms with Gasteiger partial charge in [-0.2, -0.15) is 0 Å². The number of rotatable bonds is 5. The maximum atomic E-state index is 10.5. The lowest BCUT2D eigenvalue weighted by molar-refractivity contribution is -0.337. The second-order valence-corrected chi connectivity index (χ2v) is 2.27. The Hall–Kier alpha value is -0.910. The molecule has 0 aliphatic rings. The number of carbonyl (C=O) groups is 1. The number of primary amides is 1. The third-order valence-electron chi connectivity index (χ3n) is 1.42. The first-order valence-electron chi connectivity index (χ1n) is 3.25. The summed E-state index contributed by atoms with van der Waals surface area (Å²) in [6.45, 7) is 3.34. The van der Waals surface area contributed by atoms with Gasteiger partial charge in [-0.15, -0.1) is 0 Å². The molecule has 0 saturated heterocycles. The zero-order valence-electron chi connectivity index (χ0n) is 7.16. The zero-order chi connectivity index (χ0) is 9.78. The number of carbonyl (C=O) groups excluding carboxylic acids is 1. The molecule has 5 heteroatoms. The van der Waals surface area contributed by atoms with Gasteiger partial charge < -0.3 is 20.3 Å². The minimum Gasteiger partial charge on any atom is -0.366 e. The van der Waals surface area contributed by atoms with Gasteiger partial charge >= 0.3 is 0 Å².